The summed E-state index contributed by atoms with van der Waals surface area (Å²) in [5.41, 5.74) is 0.754. The van der Waals surface area contributed by atoms with Crippen molar-refractivity contribution >= 4 is 11.5 Å². The van der Waals surface area contributed by atoms with Gasteiger partial charge in [-0.05, 0) is 30.3 Å². The Balaban J connectivity index is 2.51. The number of ether oxygens (including phenoxy) is 1. The molecule has 2 aromatic carbocycles. The maximum atomic E-state index is 13.0. The number of halogens is 3. The Morgan fingerprint density at radius 2 is 1.86 bits per heavy atom. The molecule has 0 saturated carbocycles. The zero-order valence-electron chi connectivity index (χ0n) is 11.6. The molecular weight excluding hydrogens is 297 g/mol. The maximum absolute atomic E-state index is 13.0. The average Bonchev–Trinajstić information content (AvgIpc) is 2.52. The van der Waals surface area contributed by atoms with Gasteiger partial charge in [0.1, 0.15) is 5.75 Å². The summed E-state index contributed by atoms with van der Waals surface area (Å²) in [7, 11) is 1.38. The average molecular weight is 310 g/mol. The smallest absolute Gasteiger partial charge is 0.418 e. The van der Waals surface area contributed by atoms with Crippen LogP contribution in [0.3, 0.4) is 0 Å². The first kappa shape index (κ1) is 15.8. The zero-order valence-corrected chi connectivity index (χ0v) is 11.6. The van der Waals surface area contributed by atoms with E-state index in [0.717, 1.165) is 12.1 Å². The third-order valence-corrected chi connectivity index (χ3v) is 3.09. The summed E-state index contributed by atoms with van der Waals surface area (Å²) in [6.45, 7) is 0. The van der Waals surface area contributed by atoms with Gasteiger partial charge in [-0.25, -0.2) is 0 Å². The molecule has 2 rings (SSSR count). The SMILES string of the molecule is COc1ccccc1C(=O)c1ccc(NN)c(C(F)(F)F)c1. The van der Waals surface area contributed by atoms with Gasteiger partial charge in [-0.3, -0.25) is 10.6 Å². The van der Waals surface area contributed by atoms with Crippen LogP contribution in [0.15, 0.2) is 42.5 Å². The molecule has 0 spiro atoms. The molecule has 0 aliphatic carbocycles. The van der Waals surface area contributed by atoms with Gasteiger partial charge in [0.05, 0.1) is 23.9 Å². The lowest BCUT2D eigenvalue weighted by Gasteiger charge is -2.14. The highest BCUT2D eigenvalue weighted by Crippen LogP contribution is 2.35. The van der Waals surface area contributed by atoms with Crippen molar-refractivity contribution in [3.05, 3.63) is 59.2 Å². The second kappa shape index (κ2) is 6.07. The lowest BCUT2D eigenvalue weighted by Crippen LogP contribution is -2.16. The highest BCUT2D eigenvalue weighted by Gasteiger charge is 2.34. The minimum Gasteiger partial charge on any atom is -0.496 e. The highest BCUT2D eigenvalue weighted by atomic mass is 19.4. The second-order valence-corrected chi connectivity index (χ2v) is 4.43. The van der Waals surface area contributed by atoms with E-state index in [1.54, 1.807) is 18.2 Å². The molecule has 0 bridgehead atoms. The summed E-state index contributed by atoms with van der Waals surface area (Å²) in [6, 6.07) is 9.49. The van der Waals surface area contributed by atoms with E-state index in [4.69, 9.17) is 10.6 Å². The minimum atomic E-state index is -4.63. The van der Waals surface area contributed by atoms with Crippen LogP contribution in [-0.4, -0.2) is 12.9 Å². The first-order valence-corrected chi connectivity index (χ1v) is 6.24. The van der Waals surface area contributed by atoms with E-state index in [9.17, 15) is 18.0 Å². The number of hydrogen-bond acceptors (Lipinski definition) is 4. The van der Waals surface area contributed by atoms with Crippen molar-refractivity contribution in [1.29, 1.82) is 0 Å². The summed E-state index contributed by atoms with van der Waals surface area (Å²) < 4.78 is 44.0. The van der Waals surface area contributed by atoms with Gasteiger partial charge in [-0.1, -0.05) is 12.1 Å². The molecule has 0 heterocycles. The third kappa shape index (κ3) is 3.04. The van der Waals surface area contributed by atoms with E-state index in [0.29, 0.717) is 5.75 Å². The van der Waals surface area contributed by atoms with E-state index < -0.39 is 17.5 Å². The van der Waals surface area contributed by atoms with E-state index in [1.165, 1.54) is 19.2 Å². The Bertz CT molecular complexity index is 699. The molecule has 22 heavy (non-hydrogen) atoms. The largest absolute Gasteiger partial charge is 0.496 e. The molecule has 0 atom stereocenters. The van der Waals surface area contributed by atoms with Gasteiger partial charge in [0, 0.05) is 5.56 Å². The van der Waals surface area contributed by atoms with E-state index in [-0.39, 0.29) is 16.8 Å². The lowest BCUT2D eigenvalue weighted by atomic mass is 9.99. The van der Waals surface area contributed by atoms with Crippen LogP contribution in [-0.2, 0) is 6.18 Å². The molecule has 3 N–H and O–H groups in total. The summed E-state index contributed by atoms with van der Waals surface area (Å²) in [5.74, 6) is 4.81. The van der Waals surface area contributed by atoms with Crippen molar-refractivity contribution in [2.24, 2.45) is 5.84 Å². The Morgan fingerprint density at radius 3 is 2.45 bits per heavy atom. The Hall–Kier alpha value is -2.54. The van der Waals surface area contributed by atoms with Gasteiger partial charge in [-0.15, -0.1) is 0 Å². The fraction of sp³-hybridized carbons (Fsp3) is 0.133. The van der Waals surface area contributed by atoms with E-state index in [2.05, 4.69) is 0 Å². The first-order chi connectivity index (χ1) is 10.4. The number of ketones is 1. The second-order valence-electron chi connectivity index (χ2n) is 4.43. The molecule has 4 nitrogen and oxygen atoms in total. The normalized spacial score (nSPS) is 11.1. The van der Waals surface area contributed by atoms with Crippen LogP contribution in [0.4, 0.5) is 18.9 Å². The summed E-state index contributed by atoms with van der Waals surface area (Å²) in [4.78, 5) is 12.4. The molecule has 2 aromatic rings. The summed E-state index contributed by atoms with van der Waals surface area (Å²) >= 11 is 0. The molecule has 0 saturated heterocycles. The quantitative estimate of drug-likeness (QED) is 0.517. The number of hydrazine groups is 1. The molecule has 0 fully saturated rings. The number of nitrogens with one attached hydrogen (secondary N) is 1. The van der Waals surface area contributed by atoms with Crippen molar-refractivity contribution in [3.8, 4) is 5.75 Å². The number of nitrogens with two attached hydrogens (primary N) is 1. The van der Waals surface area contributed by atoms with Crippen molar-refractivity contribution in [2.75, 3.05) is 12.5 Å². The Morgan fingerprint density at radius 1 is 1.18 bits per heavy atom. The zero-order chi connectivity index (χ0) is 16.3. The van der Waals surface area contributed by atoms with E-state index in [1.807, 2.05) is 5.43 Å². The number of para-hydroxylation sites is 1. The summed E-state index contributed by atoms with van der Waals surface area (Å²) in [6.07, 6.45) is -4.63. The predicted molar refractivity (Wildman–Crippen MR) is 75.7 cm³/mol. The minimum absolute atomic E-state index is 0.101. The highest BCUT2D eigenvalue weighted by molar-refractivity contribution is 6.11. The number of rotatable bonds is 4. The number of carbonyl (C=O) groups excluding carboxylic acids is 1. The molecule has 0 aromatic heterocycles. The number of alkyl halides is 3. The van der Waals surface area contributed by atoms with Gasteiger partial charge in [0.2, 0.25) is 0 Å². The van der Waals surface area contributed by atoms with Crippen molar-refractivity contribution in [2.45, 2.75) is 6.18 Å². The molecule has 0 amide bonds. The van der Waals surface area contributed by atoms with Gasteiger partial charge in [-0.2, -0.15) is 13.2 Å². The lowest BCUT2D eigenvalue weighted by molar-refractivity contribution is -0.137. The van der Waals surface area contributed by atoms with Crippen LogP contribution in [0.5, 0.6) is 5.75 Å². The molecule has 7 heteroatoms. The van der Waals surface area contributed by atoms with Crippen LogP contribution < -0.4 is 16.0 Å². The number of anilines is 1. The van der Waals surface area contributed by atoms with Gasteiger partial charge in [0.25, 0.3) is 0 Å². The summed E-state index contributed by atoms with van der Waals surface area (Å²) in [5, 5.41) is 0. The molecule has 0 unspecified atom stereocenters. The Labute approximate surface area is 124 Å². The standard InChI is InChI=1S/C15H13F3N2O2/c1-22-13-5-3-2-4-10(13)14(21)9-6-7-12(20-19)11(8-9)15(16,17)18/h2-8,20H,19H2,1H3. The number of benzene rings is 2. The number of hydrogen-bond donors (Lipinski definition) is 2. The van der Waals surface area contributed by atoms with Crippen LogP contribution in [0.2, 0.25) is 0 Å². The van der Waals surface area contributed by atoms with Crippen molar-refractivity contribution < 1.29 is 22.7 Å². The maximum Gasteiger partial charge on any atom is 0.418 e. The van der Waals surface area contributed by atoms with E-state index >= 15 is 0 Å². The molecule has 0 radical (unpaired) electrons. The van der Waals surface area contributed by atoms with Crippen molar-refractivity contribution in [1.82, 2.24) is 0 Å². The number of carbonyl (C=O) groups is 1. The van der Waals surface area contributed by atoms with Crippen molar-refractivity contribution in [3.63, 3.8) is 0 Å². The molecule has 0 aliphatic heterocycles. The topological polar surface area (TPSA) is 64.3 Å². The predicted octanol–water partition coefficient (Wildman–Crippen LogP) is 3.23. The monoisotopic (exact) mass is 310 g/mol. The fourth-order valence-corrected chi connectivity index (χ4v) is 2.03. The first-order valence-electron chi connectivity index (χ1n) is 6.24. The van der Waals surface area contributed by atoms with Crippen LogP contribution in [0.25, 0.3) is 0 Å². The molecular formula is C15H13F3N2O2. The fourth-order valence-electron chi connectivity index (χ4n) is 2.03. The number of nitrogen functional groups attached to an aromatic ring is 1. The van der Waals surface area contributed by atoms with Crippen LogP contribution in [0.1, 0.15) is 21.5 Å². The Kier molecular flexibility index (Phi) is 4.37. The van der Waals surface area contributed by atoms with Gasteiger partial charge in [0.15, 0.2) is 5.78 Å². The molecule has 116 valence electrons. The van der Waals surface area contributed by atoms with Gasteiger partial charge >= 0.3 is 6.18 Å². The van der Waals surface area contributed by atoms with Crippen LogP contribution >= 0.6 is 0 Å². The van der Waals surface area contributed by atoms with Gasteiger partial charge < -0.3 is 10.2 Å². The molecule has 0 aliphatic rings. The van der Waals surface area contributed by atoms with Crippen LogP contribution in [0, 0.1) is 0 Å². The number of methoxy groups -OCH3 is 1. The third-order valence-electron chi connectivity index (χ3n) is 3.09.